The zero-order chi connectivity index (χ0) is 15.0. The van der Waals surface area contributed by atoms with Gasteiger partial charge in [0.2, 0.25) is 5.91 Å². The van der Waals surface area contributed by atoms with E-state index < -0.39 is 0 Å². The van der Waals surface area contributed by atoms with Crippen LogP contribution in [-0.4, -0.2) is 47.3 Å². The summed E-state index contributed by atoms with van der Waals surface area (Å²) in [6.45, 7) is 3.63. The first-order valence-corrected chi connectivity index (χ1v) is 8.66. The van der Waals surface area contributed by atoms with Gasteiger partial charge in [-0.2, -0.15) is 5.10 Å². The maximum atomic E-state index is 12.9. The van der Waals surface area contributed by atoms with Crippen LogP contribution in [0.4, 0.5) is 0 Å². The van der Waals surface area contributed by atoms with E-state index in [0.717, 1.165) is 64.0 Å². The Morgan fingerprint density at radius 1 is 1.27 bits per heavy atom. The number of ether oxygens (including phenoxy) is 1. The number of hydrogen-bond acceptors (Lipinski definition) is 3. The number of nitrogens with one attached hydrogen (secondary N) is 1. The maximum absolute atomic E-state index is 12.9. The number of fused-ring (bicyclic) bond motifs is 1. The van der Waals surface area contributed by atoms with Crippen LogP contribution in [0, 0.1) is 5.41 Å². The van der Waals surface area contributed by atoms with Crippen molar-refractivity contribution in [3.63, 3.8) is 0 Å². The average molecular weight is 303 g/mol. The van der Waals surface area contributed by atoms with E-state index >= 15 is 0 Å². The molecular weight excluding hydrogens is 278 g/mol. The standard InChI is InChI=1S/C17H25N3O2/c21-16(13-2-1-3-15-14(13)12-18-19-15)20-8-4-17(5-9-20)6-10-22-11-7-17/h12-13H,1-11H2,(H,18,19). The van der Waals surface area contributed by atoms with E-state index in [-0.39, 0.29) is 5.92 Å². The Balaban J connectivity index is 1.43. The van der Waals surface area contributed by atoms with Crippen LogP contribution in [0.25, 0.3) is 0 Å². The number of likely N-dealkylation sites (tertiary alicyclic amines) is 1. The van der Waals surface area contributed by atoms with Gasteiger partial charge in [0.05, 0.1) is 12.1 Å². The molecule has 1 spiro atoms. The Labute approximate surface area is 131 Å². The molecule has 5 nitrogen and oxygen atoms in total. The fourth-order valence-electron chi connectivity index (χ4n) is 4.44. The van der Waals surface area contributed by atoms with Gasteiger partial charge in [-0.05, 0) is 50.4 Å². The van der Waals surface area contributed by atoms with Gasteiger partial charge in [0, 0.05) is 37.6 Å². The van der Waals surface area contributed by atoms with Gasteiger partial charge in [0.15, 0.2) is 0 Å². The van der Waals surface area contributed by atoms with E-state index in [1.165, 1.54) is 18.5 Å². The summed E-state index contributed by atoms with van der Waals surface area (Å²) in [6, 6.07) is 0. The molecular formula is C17H25N3O2. The van der Waals surface area contributed by atoms with Gasteiger partial charge in [-0.3, -0.25) is 9.89 Å². The van der Waals surface area contributed by atoms with Gasteiger partial charge in [-0.15, -0.1) is 0 Å². The summed E-state index contributed by atoms with van der Waals surface area (Å²) >= 11 is 0. The Morgan fingerprint density at radius 2 is 2.05 bits per heavy atom. The van der Waals surface area contributed by atoms with Crippen LogP contribution < -0.4 is 0 Å². The predicted octanol–water partition coefficient (Wildman–Crippen LogP) is 2.25. The number of aryl methyl sites for hydroxylation is 1. The van der Waals surface area contributed by atoms with Gasteiger partial charge in [0.1, 0.15) is 0 Å². The number of nitrogens with zero attached hydrogens (tertiary/aromatic N) is 2. The summed E-state index contributed by atoms with van der Waals surface area (Å²) in [4.78, 5) is 15.0. The summed E-state index contributed by atoms with van der Waals surface area (Å²) in [5.74, 6) is 0.357. The molecule has 3 heterocycles. The highest BCUT2D eigenvalue weighted by molar-refractivity contribution is 5.84. The number of hydrogen-bond donors (Lipinski definition) is 1. The van der Waals surface area contributed by atoms with Crippen molar-refractivity contribution >= 4 is 5.91 Å². The number of carbonyl (C=O) groups is 1. The molecule has 1 aromatic rings. The number of aromatic nitrogens is 2. The number of aromatic amines is 1. The highest BCUT2D eigenvalue weighted by atomic mass is 16.5. The largest absolute Gasteiger partial charge is 0.381 e. The Bertz CT molecular complexity index is 538. The summed E-state index contributed by atoms with van der Waals surface area (Å²) in [6.07, 6.45) is 9.58. The van der Waals surface area contributed by atoms with Crippen LogP contribution in [0.15, 0.2) is 6.20 Å². The minimum absolute atomic E-state index is 0.0336. The molecule has 120 valence electrons. The lowest BCUT2D eigenvalue weighted by atomic mass is 9.72. The van der Waals surface area contributed by atoms with Gasteiger partial charge in [-0.25, -0.2) is 0 Å². The number of amides is 1. The quantitative estimate of drug-likeness (QED) is 0.865. The summed E-state index contributed by atoms with van der Waals surface area (Å²) < 4.78 is 5.51. The van der Waals surface area contributed by atoms with Crippen molar-refractivity contribution in [2.75, 3.05) is 26.3 Å². The van der Waals surface area contributed by atoms with Crippen LogP contribution in [0.3, 0.4) is 0 Å². The van der Waals surface area contributed by atoms with E-state index in [2.05, 4.69) is 15.1 Å². The average Bonchev–Trinajstić information content (AvgIpc) is 3.04. The molecule has 3 aliphatic rings. The second kappa shape index (κ2) is 5.69. The molecule has 0 radical (unpaired) electrons. The van der Waals surface area contributed by atoms with E-state index in [1.54, 1.807) is 0 Å². The van der Waals surface area contributed by atoms with Crippen LogP contribution >= 0.6 is 0 Å². The lowest BCUT2D eigenvalue weighted by Gasteiger charge is -2.44. The van der Waals surface area contributed by atoms with Crippen LogP contribution in [0.2, 0.25) is 0 Å². The van der Waals surface area contributed by atoms with E-state index in [9.17, 15) is 4.79 Å². The van der Waals surface area contributed by atoms with E-state index in [4.69, 9.17) is 4.74 Å². The number of piperidine rings is 1. The number of rotatable bonds is 1. The molecule has 4 rings (SSSR count). The molecule has 1 N–H and O–H groups in total. The normalized spacial score (nSPS) is 27.6. The highest BCUT2D eigenvalue weighted by Gasteiger charge is 2.39. The monoisotopic (exact) mass is 303 g/mol. The molecule has 5 heteroatoms. The van der Waals surface area contributed by atoms with Gasteiger partial charge >= 0.3 is 0 Å². The second-order valence-corrected chi connectivity index (χ2v) is 7.19. The van der Waals surface area contributed by atoms with E-state index in [0.29, 0.717) is 11.3 Å². The van der Waals surface area contributed by atoms with Gasteiger partial charge in [-0.1, -0.05) is 0 Å². The Hall–Kier alpha value is -1.36. The van der Waals surface area contributed by atoms with Crippen LogP contribution in [-0.2, 0) is 16.0 Å². The summed E-state index contributed by atoms with van der Waals surface area (Å²) in [5.41, 5.74) is 2.76. The van der Waals surface area contributed by atoms with E-state index in [1.807, 2.05) is 6.20 Å². The second-order valence-electron chi connectivity index (χ2n) is 7.19. The molecule has 2 aliphatic heterocycles. The Morgan fingerprint density at radius 3 is 2.82 bits per heavy atom. The fraction of sp³-hybridized carbons (Fsp3) is 0.765. The Kier molecular flexibility index (Phi) is 3.68. The molecule has 1 amide bonds. The van der Waals surface area contributed by atoms with Crippen molar-refractivity contribution in [2.45, 2.75) is 50.9 Å². The molecule has 1 aliphatic carbocycles. The molecule has 0 saturated carbocycles. The number of carbonyl (C=O) groups excluding carboxylic acids is 1. The molecule has 1 aromatic heterocycles. The smallest absolute Gasteiger partial charge is 0.230 e. The molecule has 0 bridgehead atoms. The summed E-state index contributed by atoms with van der Waals surface area (Å²) in [5, 5.41) is 7.20. The lowest BCUT2D eigenvalue weighted by molar-refractivity contribution is -0.136. The molecule has 0 aromatic carbocycles. The van der Waals surface area contributed by atoms with Crippen molar-refractivity contribution in [1.82, 2.24) is 15.1 Å². The van der Waals surface area contributed by atoms with Crippen molar-refractivity contribution < 1.29 is 9.53 Å². The maximum Gasteiger partial charge on any atom is 0.230 e. The van der Waals surface area contributed by atoms with Crippen molar-refractivity contribution in [2.24, 2.45) is 5.41 Å². The van der Waals surface area contributed by atoms with Gasteiger partial charge < -0.3 is 9.64 Å². The third-order valence-electron chi connectivity index (χ3n) is 6.03. The van der Waals surface area contributed by atoms with Crippen LogP contribution in [0.5, 0.6) is 0 Å². The van der Waals surface area contributed by atoms with Crippen molar-refractivity contribution in [1.29, 1.82) is 0 Å². The first-order valence-electron chi connectivity index (χ1n) is 8.66. The van der Waals surface area contributed by atoms with Gasteiger partial charge in [0.25, 0.3) is 0 Å². The number of H-pyrrole nitrogens is 1. The zero-order valence-electron chi connectivity index (χ0n) is 13.1. The lowest BCUT2D eigenvalue weighted by Crippen LogP contribution is -2.46. The third kappa shape index (κ3) is 2.45. The molecule has 1 atom stereocenters. The minimum Gasteiger partial charge on any atom is -0.381 e. The van der Waals surface area contributed by atoms with Crippen LogP contribution in [0.1, 0.15) is 55.7 Å². The van der Waals surface area contributed by atoms with Crippen molar-refractivity contribution in [3.05, 3.63) is 17.5 Å². The molecule has 1 unspecified atom stereocenters. The molecule has 22 heavy (non-hydrogen) atoms. The minimum atomic E-state index is 0.0336. The first kappa shape index (κ1) is 14.2. The fourth-order valence-corrected chi connectivity index (χ4v) is 4.44. The predicted molar refractivity (Wildman–Crippen MR) is 82.6 cm³/mol. The first-order chi connectivity index (χ1) is 10.8. The van der Waals surface area contributed by atoms with Crippen molar-refractivity contribution in [3.8, 4) is 0 Å². The zero-order valence-corrected chi connectivity index (χ0v) is 13.1. The SMILES string of the molecule is O=C(C1CCCc2[nH]ncc21)N1CCC2(CCOCC2)CC1. The summed E-state index contributed by atoms with van der Waals surface area (Å²) in [7, 11) is 0. The molecule has 2 saturated heterocycles. The molecule has 2 fully saturated rings. The topological polar surface area (TPSA) is 58.2 Å². The highest BCUT2D eigenvalue weighted by Crippen LogP contribution is 2.41. The third-order valence-corrected chi connectivity index (χ3v) is 6.03.